The SMILES string of the molecule is Cc1ccc2[nH]c3c(=O)n(N=Cc4ccc(O)cc4O)cnc3c2c1. The van der Waals surface area contributed by atoms with Crippen LogP contribution in [0, 0.1) is 6.92 Å². The van der Waals surface area contributed by atoms with Crippen LogP contribution in [0.4, 0.5) is 0 Å². The molecule has 0 spiro atoms. The van der Waals surface area contributed by atoms with Gasteiger partial charge in [0.2, 0.25) is 0 Å². The van der Waals surface area contributed by atoms with E-state index in [1.54, 1.807) is 0 Å². The van der Waals surface area contributed by atoms with Crippen LogP contribution in [0.5, 0.6) is 11.5 Å². The Balaban J connectivity index is 1.83. The lowest BCUT2D eigenvalue weighted by atomic mass is 10.2. The fourth-order valence-electron chi connectivity index (χ4n) is 2.71. The summed E-state index contributed by atoms with van der Waals surface area (Å²) < 4.78 is 1.09. The Kier molecular flexibility index (Phi) is 3.28. The molecule has 0 bridgehead atoms. The van der Waals surface area contributed by atoms with Gasteiger partial charge in [-0.15, -0.1) is 0 Å². The maximum Gasteiger partial charge on any atom is 0.298 e. The fraction of sp³-hybridized carbons (Fsp3) is 0.0556. The molecule has 0 radical (unpaired) electrons. The number of phenols is 2. The molecule has 4 rings (SSSR count). The molecule has 0 saturated heterocycles. The third kappa shape index (κ3) is 2.51. The lowest BCUT2D eigenvalue weighted by Gasteiger charge is -2.00. The lowest BCUT2D eigenvalue weighted by molar-refractivity contribution is 0.450. The number of nitrogens with zero attached hydrogens (tertiary/aromatic N) is 3. The minimum Gasteiger partial charge on any atom is -0.508 e. The highest BCUT2D eigenvalue weighted by atomic mass is 16.3. The van der Waals surface area contributed by atoms with Crippen LogP contribution >= 0.6 is 0 Å². The predicted octanol–water partition coefficient (Wildman–Crippen LogP) is 2.48. The van der Waals surface area contributed by atoms with E-state index in [0.717, 1.165) is 21.1 Å². The number of nitrogens with one attached hydrogen (secondary N) is 1. The van der Waals surface area contributed by atoms with E-state index in [-0.39, 0.29) is 17.1 Å². The van der Waals surface area contributed by atoms with Crippen LogP contribution in [0.3, 0.4) is 0 Å². The molecule has 2 heterocycles. The molecule has 124 valence electrons. The highest BCUT2D eigenvalue weighted by Crippen LogP contribution is 2.23. The van der Waals surface area contributed by atoms with Crippen molar-refractivity contribution in [1.82, 2.24) is 14.6 Å². The van der Waals surface area contributed by atoms with E-state index in [4.69, 9.17) is 0 Å². The van der Waals surface area contributed by atoms with Crippen LogP contribution in [0.15, 0.2) is 52.6 Å². The average Bonchev–Trinajstić information content (AvgIpc) is 2.94. The highest BCUT2D eigenvalue weighted by Gasteiger charge is 2.10. The number of hydrogen-bond donors (Lipinski definition) is 3. The zero-order valence-corrected chi connectivity index (χ0v) is 13.3. The van der Waals surface area contributed by atoms with Crippen LogP contribution in [-0.4, -0.2) is 31.1 Å². The molecule has 7 nitrogen and oxygen atoms in total. The molecule has 0 atom stereocenters. The molecule has 0 aliphatic heterocycles. The minimum absolute atomic E-state index is 0.0525. The number of rotatable bonds is 2. The smallest absolute Gasteiger partial charge is 0.298 e. The number of aryl methyl sites for hydroxylation is 1. The van der Waals surface area contributed by atoms with Gasteiger partial charge in [-0.1, -0.05) is 11.6 Å². The number of phenolic OH excluding ortho intramolecular Hbond substituents is 2. The van der Waals surface area contributed by atoms with Crippen molar-refractivity contribution < 1.29 is 10.2 Å². The summed E-state index contributed by atoms with van der Waals surface area (Å²) in [6.07, 6.45) is 2.67. The summed E-state index contributed by atoms with van der Waals surface area (Å²) in [6, 6.07) is 9.96. The van der Waals surface area contributed by atoms with Crippen LogP contribution < -0.4 is 5.56 Å². The first-order valence-corrected chi connectivity index (χ1v) is 7.59. The number of aromatic nitrogens is 3. The summed E-state index contributed by atoms with van der Waals surface area (Å²) in [5, 5.41) is 24.0. The number of fused-ring (bicyclic) bond motifs is 3. The first-order chi connectivity index (χ1) is 12.0. The van der Waals surface area contributed by atoms with Gasteiger partial charge >= 0.3 is 0 Å². The van der Waals surface area contributed by atoms with Crippen molar-refractivity contribution in [2.45, 2.75) is 6.92 Å². The van der Waals surface area contributed by atoms with Crippen molar-refractivity contribution >= 4 is 28.2 Å². The molecule has 0 saturated carbocycles. The van der Waals surface area contributed by atoms with Crippen molar-refractivity contribution in [3.63, 3.8) is 0 Å². The Bertz CT molecular complexity index is 1200. The maximum atomic E-state index is 12.6. The van der Waals surface area contributed by atoms with E-state index in [2.05, 4.69) is 15.1 Å². The van der Waals surface area contributed by atoms with Gasteiger partial charge in [0, 0.05) is 22.5 Å². The second-order valence-electron chi connectivity index (χ2n) is 5.78. The Morgan fingerprint density at radius 3 is 2.84 bits per heavy atom. The topological polar surface area (TPSA) is 104 Å². The molecule has 0 amide bonds. The zero-order valence-electron chi connectivity index (χ0n) is 13.3. The van der Waals surface area contributed by atoms with Gasteiger partial charge in [0.25, 0.3) is 5.56 Å². The van der Waals surface area contributed by atoms with Gasteiger partial charge < -0.3 is 15.2 Å². The monoisotopic (exact) mass is 334 g/mol. The van der Waals surface area contributed by atoms with E-state index >= 15 is 0 Å². The first kappa shape index (κ1) is 14.9. The molecule has 3 N–H and O–H groups in total. The fourth-order valence-corrected chi connectivity index (χ4v) is 2.71. The first-order valence-electron chi connectivity index (χ1n) is 7.59. The molecule has 0 aliphatic carbocycles. The Morgan fingerprint density at radius 2 is 2.04 bits per heavy atom. The van der Waals surface area contributed by atoms with Crippen molar-refractivity contribution in [3.8, 4) is 11.5 Å². The number of hydrogen-bond acceptors (Lipinski definition) is 5. The summed E-state index contributed by atoms with van der Waals surface area (Å²) in [5.74, 6) is -0.185. The van der Waals surface area contributed by atoms with Crippen LogP contribution in [0.1, 0.15) is 11.1 Å². The zero-order chi connectivity index (χ0) is 17.6. The van der Waals surface area contributed by atoms with E-state index in [0.29, 0.717) is 16.6 Å². The molecule has 4 aromatic rings. The van der Waals surface area contributed by atoms with E-state index in [1.165, 1.54) is 30.7 Å². The highest BCUT2D eigenvalue weighted by molar-refractivity contribution is 6.04. The largest absolute Gasteiger partial charge is 0.508 e. The predicted molar refractivity (Wildman–Crippen MR) is 95.4 cm³/mol. The second kappa shape index (κ2) is 5.48. The van der Waals surface area contributed by atoms with Crippen LogP contribution in [0.25, 0.3) is 21.9 Å². The molecular formula is C18H14N4O3. The molecule has 7 heteroatoms. The van der Waals surface area contributed by atoms with Gasteiger partial charge in [0.05, 0.1) is 6.21 Å². The summed E-state index contributed by atoms with van der Waals surface area (Å²) in [6.45, 7) is 1.98. The molecule has 0 fully saturated rings. The summed E-state index contributed by atoms with van der Waals surface area (Å²) >= 11 is 0. The maximum absolute atomic E-state index is 12.6. The molecule has 25 heavy (non-hydrogen) atoms. The van der Waals surface area contributed by atoms with E-state index in [1.807, 2.05) is 25.1 Å². The van der Waals surface area contributed by atoms with Gasteiger partial charge in [-0.25, -0.2) is 4.98 Å². The molecule has 0 aliphatic rings. The third-order valence-corrected chi connectivity index (χ3v) is 3.98. The molecule has 0 unspecified atom stereocenters. The number of benzene rings is 2. The Hall–Kier alpha value is -3.61. The number of aromatic amines is 1. The number of H-pyrrole nitrogens is 1. The Labute approximate surface area is 141 Å². The number of aromatic hydroxyl groups is 2. The standard InChI is InChI=1S/C18H14N4O3/c1-10-2-5-14-13(6-10)16-17(21-14)18(25)22(9-19-16)20-8-11-3-4-12(23)7-15(11)24/h2-9,21,23-24H,1H3. The van der Waals surface area contributed by atoms with E-state index in [9.17, 15) is 15.0 Å². The van der Waals surface area contributed by atoms with Crippen molar-refractivity contribution in [1.29, 1.82) is 0 Å². The van der Waals surface area contributed by atoms with Gasteiger partial charge in [0.15, 0.2) is 0 Å². The summed E-state index contributed by atoms with van der Waals surface area (Å²) in [5.41, 5.74) is 2.92. The molecular weight excluding hydrogens is 320 g/mol. The third-order valence-electron chi connectivity index (χ3n) is 3.98. The summed E-state index contributed by atoms with van der Waals surface area (Å²) in [4.78, 5) is 20.0. The van der Waals surface area contributed by atoms with Crippen LogP contribution in [0.2, 0.25) is 0 Å². The van der Waals surface area contributed by atoms with E-state index < -0.39 is 0 Å². The van der Waals surface area contributed by atoms with Crippen molar-refractivity contribution in [3.05, 3.63) is 64.2 Å². The van der Waals surface area contributed by atoms with Crippen molar-refractivity contribution in [2.75, 3.05) is 0 Å². The van der Waals surface area contributed by atoms with Gasteiger partial charge in [-0.3, -0.25) is 4.79 Å². The summed E-state index contributed by atoms with van der Waals surface area (Å²) in [7, 11) is 0. The molecule has 2 aromatic heterocycles. The minimum atomic E-state index is -0.339. The van der Waals surface area contributed by atoms with Crippen molar-refractivity contribution in [2.24, 2.45) is 5.10 Å². The average molecular weight is 334 g/mol. The Morgan fingerprint density at radius 1 is 1.20 bits per heavy atom. The molecule has 2 aromatic carbocycles. The lowest BCUT2D eigenvalue weighted by Crippen LogP contribution is -2.17. The van der Waals surface area contributed by atoms with Gasteiger partial charge in [0.1, 0.15) is 28.9 Å². The van der Waals surface area contributed by atoms with Gasteiger partial charge in [-0.05, 0) is 31.2 Å². The normalized spacial score (nSPS) is 11.7. The second-order valence-corrected chi connectivity index (χ2v) is 5.78. The van der Waals surface area contributed by atoms with Crippen LogP contribution in [-0.2, 0) is 0 Å². The quantitative estimate of drug-likeness (QED) is 0.490. The van der Waals surface area contributed by atoms with Gasteiger partial charge in [-0.2, -0.15) is 9.78 Å².